The van der Waals surface area contributed by atoms with Gasteiger partial charge in [0.05, 0.1) is 12.6 Å². The van der Waals surface area contributed by atoms with Crippen LogP contribution >= 0.6 is 0 Å². The summed E-state index contributed by atoms with van der Waals surface area (Å²) in [5.74, 6) is -0.604. The van der Waals surface area contributed by atoms with Gasteiger partial charge in [0, 0.05) is 35.4 Å². The lowest BCUT2D eigenvalue weighted by atomic mass is 9.46. The molecular formula is C30H36N2O6. The minimum absolute atomic E-state index is 0.00687. The van der Waals surface area contributed by atoms with Crippen LogP contribution in [0, 0.1) is 34.5 Å². The normalized spacial score (nSPS) is 41.1. The van der Waals surface area contributed by atoms with Gasteiger partial charge in [0.2, 0.25) is 0 Å². The molecule has 1 aliphatic heterocycles. The van der Waals surface area contributed by atoms with E-state index in [1.807, 2.05) is 43.3 Å². The Labute approximate surface area is 222 Å². The van der Waals surface area contributed by atoms with Gasteiger partial charge >= 0.3 is 6.03 Å². The van der Waals surface area contributed by atoms with E-state index in [0.29, 0.717) is 18.5 Å². The first-order chi connectivity index (χ1) is 18.1. The molecule has 0 aromatic heterocycles. The molecule has 0 unspecified atom stereocenters. The Morgan fingerprint density at radius 2 is 1.95 bits per heavy atom. The number of nitrogens with zero attached hydrogens (tertiary/aromatic N) is 2. The zero-order chi connectivity index (χ0) is 27.0. The van der Waals surface area contributed by atoms with E-state index in [0.717, 1.165) is 18.4 Å². The molecule has 8 nitrogen and oxygen atoms in total. The number of rotatable bonds is 3. The lowest BCUT2D eigenvalue weighted by Gasteiger charge is -2.59. The molecule has 1 aromatic rings. The molecule has 38 heavy (non-hydrogen) atoms. The summed E-state index contributed by atoms with van der Waals surface area (Å²) in [4.78, 5) is 47.1. The van der Waals surface area contributed by atoms with Crippen LogP contribution in [-0.4, -0.2) is 64.8 Å². The quantitative estimate of drug-likeness (QED) is 0.633. The van der Waals surface area contributed by atoms with Gasteiger partial charge < -0.3 is 10.2 Å². The van der Waals surface area contributed by atoms with Crippen molar-refractivity contribution in [2.75, 3.05) is 25.1 Å². The average Bonchev–Trinajstić information content (AvgIpc) is 3.41. The van der Waals surface area contributed by atoms with Crippen molar-refractivity contribution in [2.24, 2.45) is 34.5 Å². The second-order valence-corrected chi connectivity index (χ2v) is 12.3. The maximum Gasteiger partial charge on any atom is 0.348 e. The molecule has 8 heteroatoms. The van der Waals surface area contributed by atoms with Crippen molar-refractivity contribution in [3.05, 3.63) is 54.1 Å². The first-order valence-electron chi connectivity index (χ1n) is 13.6. The maximum absolute atomic E-state index is 13.6. The van der Waals surface area contributed by atoms with Crippen molar-refractivity contribution in [3.8, 4) is 0 Å². The van der Waals surface area contributed by atoms with Gasteiger partial charge in [-0.1, -0.05) is 43.7 Å². The largest absolute Gasteiger partial charge is 0.393 e. The highest BCUT2D eigenvalue weighted by Gasteiger charge is 2.75. The monoisotopic (exact) mass is 520 g/mol. The van der Waals surface area contributed by atoms with E-state index in [1.165, 1.54) is 9.96 Å². The molecule has 4 aliphatic carbocycles. The number of urea groups is 1. The summed E-state index contributed by atoms with van der Waals surface area (Å²) in [5, 5.41) is 23.1. The Kier molecular flexibility index (Phi) is 5.76. The fraction of sp³-hybridized carbons (Fsp3) is 0.567. The van der Waals surface area contributed by atoms with Crippen molar-refractivity contribution < 1.29 is 29.4 Å². The number of benzene rings is 1. The fourth-order valence-corrected chi connectivity index (χ4v) is 9.03. The zero-order valence-corrected chi connectivity index (χ0v) is 22.2. The second kappa shape index (κ2) is 8.60. The van der Waals surface area contributed by atoms with E-state index >= 15 is 0 Å². The molecule has 1 saturated heterocycles. The summed E-state index contributed by atoms with van der Waals surface area (Å²) in [6, 6.07) is 8.87. The van der Waals surface area contributed by atoms with Crippen LogP contribution in [0.25, 0.3) is 0 Å². The van der Waals surface area contributed by atoms with Crippen molar-refractivity contribution in [2.45, 2.75) is 51.2 Å². The number of fused-ring (bicyclic) bond motifs is 7. The minimum atomic E-state index is -1.39. The molecule has 2 N–H and O–H groups in total. The van der Waals surface area contributed by atoms with Crippen LogP contribution in [0.3, 0.4) is 0 Å². The summed E-state index contributed by atoms with van der Waals surface area (Å²) in [7, 11) is 1.67. The molecule has 0 spiro atoms. The summed E-state index contributed by atoms with van der Waals surface area (Å²) in [5.41, 5.74) is -0.778. The molecule has 0 bridgehead atoms. The highest BCUT2D eigenvalue weighted by Crippen LogP contribution is 2.70. The number of amides is 2. The molecule has 3 saturated carbocycles. The summed E-state index contributed by atoms with van der Waals surface area (Å²) in [6.45, 7) is 3.69. The van der Waals surface area contributed by atoms with E-state index in [4.69, 9.17) is 4.84 Å². The Balaban J connectivity index is 1.35. The Bertz CT molecular complexity index is 1240. The van der Waals surface area contributed by atoms with E-state index in [1.54, 1.807) is 19.2 Å². The third-order valence-electron chi connectivity index (χ3n) is 10.7. The van der Waals surface area contributed by atoms with Gasteiger partial charge in [0.25, 0.3) is 0 Å². The number of aliphatic hydroxyl groups is 2. The number of hydrogen-bond acceptors (Lipinski definition) is 6. The van der Waals surface area contributed by atoms with Crippen molar-refractivity contribution in [1.29, 1.82) is 0 Å². The van der Waals surface area contributed by atoms with Crippen LogP contribution in [0.2, 0.25) is 0 Å². The molecule has 0 radical (unpaired) electrons. The van der Waals surface area contributed by atoms with Crippen molar-refractivity contribution in [1.82, 2.24) is 5.06 Å². The standard InChI is InChI=1S/C30H36N2O6/c1-28-12-11-21(34)13-18(28)9-10-22-23-14-19-16-32(27(37)31(3)20-7-5-4-6-8-20)38-30(19,25(36)17-33)29(23,2)15-24(35)26(22)28/h4-8,11-13,19,22-24,26,33,35H,9-10,14-17H2,1-3H3/t19-,22-,23-,24-,26+,28-,29-,30-/m0/s1. The fourth-order valence-electron chi connectivity index (χ4n) is 9.03. The van der Waals surface area contributed by atoms with E-state index in [9.17, 15) is 24.6 Å². The first kappa shape index (κ1) is 25.5. The molecule has 1 heterocycles. The first-order valence-corrected chi connectivity index (χ1v) is 13.6. The molecule has 2 amide bonds. The summed E-state index contributed by atoms with van der Waals surface area (Å²) in [6.07, 6.45) is 7.17. The number of anilines is 1. The van der Waals surface area contributed by atoms with Crippen LogP contribution < -0.4 is 4.90 Å². The zero-order valence-electron chi connectivity index (χ0n) is 22.2. The number of carbonyl (C=O) groups is 3. The highest BCUT2D eigenvalue weighted by atomic mass is 16.7. The number of para-hydroxylation sites is 1. The third-order valence-corrected chi connectivity index (χ3v) is 10.7. The van der Waals surface area contributed by atoms with Crippen LogP contribution in [0.4, 0.5) is 10.5 Å². The van der Waals surface area contributed by atoms with Gasteiger partial charge in [-0.2, -0.15) is 0 Å². The van der Waals surface area contributed by atoms with E-state index in [2.05, 4.69) is 6.92 Å². The van der Waals surface area contributed by atoms with Gasteiger partial charge in [0.1, 0.15) is 6.61 Å². The minimum Gasteiger partial charge on any atom is -0.393 e. The highest BCUT2D eigenvalue weighted by molar-refractivity contribution is 6.01. The van der Waals surface area contributed by atoms with Crippen molar-refractivity contribution >= 4 is 23.3 Å². The average molecular weight is 521 g/mol. The molecule has 202 valence electrons. The number of Topliss-reactive ketones (excluding diaryl/α,β-unsaturated/α-hetero) is 1. The van der Waals surface area contributed by atoms with Gasteiger partial charge in [-0.05, 0) is 61.8 Å². The van der Waals surface area contributed by atoms with Crippen LogP contribution in [0.1, 0.15) is 39.5 Å². The Morgan fingerprint density at radius 3 is 2.66 bits per heavy atom. The molecular weight excluding hydrogens is 484 g/mol. The number of allylic oxidation sites excluding steroid dienone is 4. The SMILES string of the molecule is CN(C(=O)N1C[C@@H]2C[C@H]3[C@@H]4CCC5=CC(=O)C=C[C@]5(C)[C@H]4[C@@H](O)C[C@]3(C)[C@]2(C(=O)CO)O1)c1ccccc1. The van der Waals surface area contributed by atoms with Crippen molar-refractivity contribution in [3.63, 3.8) is 0 Å². The number of hydrogen-bond donors (Lipinski definition) is 2. The molecule has 5 aliphatic rings. The topological polar surface area (TPSA) is 107 Å². The smallest absolute Gasteiger partial charge is 0.348 e. The predicted molar refractivity (Wildman–Crippen MR) is 140 cm³/mol. The van der Waals surface area contributed by atoms with E-state index < -0.39 is 34.9 Å². The number of carbonyl (C=O) groups excluding carboxylic acids is 3. The number of hydroxylamine groups is 2. The van der Waals surface area contributed by atoms with Gasteiger partial charge in [-0.3, -0.25) is 19.3 Å². The predicted octanol–water partition coefficient (Wildman–Crippen LogP) is 3.30. The number of aliphatic hydroxyl groups excluding tert-OH is 2. The second-order valence-electron chi connectivity index (χ2n) is 12.3. The van der Waals surface area contributed by atoms with Gasteiger partial charge in [-0.15, -0.1) is 0 Å². The third kappa shape index (κ3) is 3.23. The van der Waals surface area contributed by atoms with Gasteiger partial charge in [-0.25, -0.2) is 9.86 Å². The molecule has 6 rings (SSSR count). The number of ketones is 2. The van der Waals surface area contributed by atoms with Gasteiger partial charge in [0.15, 0.2) is 17.2 Å². The Hall–Kier alpha value is -2.81. The van der Waals surface area contributed by atoms with Crippen LogP contribution in [-0.2, 0) is 14.4 Å². The molecule has 1 aromatic carbocycles. The summed E-state index contributed by atoms with van der Waals surface area (Å²) >= 11 is 0. The molecule has 4 fully saturated rings. The molecule has 8 atom stereocenters. The summed E-state index contributed by atoms with van der Waals surface area (Å²) < 4.78 is 0. The maximum atomic E-state index is 13.6. The van der Waals surface area contributed by atoms with Crippen LogP contribution in [0.5, 0.6) is 0 Å². The lowest BCUT2D eigenvalue weighted by molar-refractivity contribution is -0.233. The van der Waals surface area contributed by atoms with Crippen LogP contribution in [0.15, 0.2) is 54.1 Å². The van der Waals surface area contributed by atoms with E-state index in [-0.39, 0.29) is 42.0 Å². The Morgan fingerprint density at radius 1 is 1.21 bits per heavy atom. The lowest BCUT2D eigenvalue weighted by Crippen LogP contribution is -2.63.